The minimum atomic E-state index is -2.75. The largest absolute Gasteiger partial charge is 0.466 e. The molecule has 0 aliphatic carbocycles. The van der Waals surface area contributed by atoms with E-state index in [9.17, 15) is 13.6 Å². The number of pyridine rings is 1. The first-order valence-corrected chi connectivity index (χ1v) is 6.08. The van der Waals surface area contributed by atoms with Crippen LogP contribution in [0.2, 0.25) is 5.15 Å². The van der Waals surface area contributed by atoms with Crippen molar-refractivity contribution in [1.82, 2.24) is 4.98 Å². The highest BCUT2D eigenvalue weighted by Gasteiger charge is 2.21. The summed E-state index contributed by atoms with van der Waals surface area (Å²) in [5.74, 6) is -0.652. The van der Waals surface area contributed by atoms with Crippen LogP contribution in [0.5, 0.6) is 0 Å². The van der Waals surface area contributed by atoms with Crippen LogP contribution in [0.1, 0.15) is 30.2 Å². The average Bonchev–Trinajstić information content (AvgIpc) is 2.31. The first-order chi connectivity index (χ1) is 8.49. The summed E-state index contributed by atoms with van der Waals surface area (Å²) in [4.78, 5) is 15.2. The second-order valence-corrected chi connectivity index (χ2v) is 4.01. The first-order valence-electron chi connectivity index (χ1n) is 5.17. The molecule has 0 aliphatic rings. The molecule has 0 unspecified atom stereocenters. The van der Waals surface area contributed by atoms with E-state index in [2.05, 4.69) is 4.98 Å². The third-order valence-electron chi connectivity index (χ3n) is 2.16. The molecule has 1 aromatic heterocycles. The molecular weight excluding hydrogens is 287 g/mol. The molecular formula is C11H11Cl2F2NO2. The van der Waals surface area contributed by atoms with Gasteiger partial charge < -0.3 is 4.74 Å². The summed E-state index contributed by atoms with van der Waals surface area (Å²) in [6.45, 7) is 1.80. The molecule has 0 spiro atoms. The number of ether oxygens (including phenoxy) is 1. The third-order valence-corrected chi connectivity index (χ3v) is 2.75. The predicted octanol–water partition coefficient (Wildman–Crippen LogP) is 3.52. The summed E-state index contributed by atoms with van der Waals surface area (Å²) in [5, 5.41) is -0.142. The van der Waals surface area contributed by atoms with Crippen molar-refractivity contribution in [3.8, 4) is 0 Å². The lowest BCUT2D eigenvalue weighted by molar-refractivity contribution is -0.142. The van der Waals surface area contributed by atoms with Crippen LogP contribution >= 0.6 is 23.2 Å². The smallest absolute Gasteiger partial charge is 0.310 e. The monoisotopic (exact) mass is 297 g/mol. The van der Waals surface area contributed by atoms with E-state index in [1.165, 1.54) is 0 Å². The van der Waals surface area contributed by atoms with Gasteiger partial charge in [0.1, 0.15) is 5.15 Å². The Morgan fingerprint density at radius 2 is 2.22 bits per heavy atom. The Balaban J connectivity index is 3.12. The lowest BCUT2D eigenvalue weighted by Crippen LogP contribution is -2.11. The summed E-state index contributed by atoms with van der Waals surface area (Å²) in [6, 6.07) is 1.15. The van der Waals surface area contributed by atoms with Crippen molar-refractivity contribution < 1.29 is 18.3 Å². The highest BCUT2D eigenvalue weighted by atomic mass is 35.5. The second kappa shape index (κ2) is 6.85. The van der Waals surface area contributed by atoms with Gasteiger partial charge in [0.05, 0.1) is 24.6 Å². The fourth-order valence-corrected chi connectivity index (χ4v) is 1.83. The summed E-state index contributed by atoms with van der Waals surface area (Å²) in [6.07, 6.45) is -3.08. The Morgan fingerprint density at radius 1 is 1.56 bits per heavy atom. The minimum Gasteiger partial charge on any atom is -0.466 e. The van der Waals surface area contributed by atoms with Gasteiger partial charge in [0.25, 0.3) is 6.43 Å². The molecule has 0 saturated carbocycles. The number of alkyl halides is 3. The van der Waals surface area contributed by atoms with Crippen LogP contribution in [0, 0.1) is 0 Å². The first kappa shape index (κ1) is 15.1. The molecule has 18 heavy (non-hydrogen) atoms. The fraction of sp³-hybridized carbons (Fsp3) is 0.455. The maximum absolute atomic E-state index is 12.9. The van der Waals surface area contributed by atoms with Crippen molar-refractivity contribution in [3.63, 3.8) is 0 Å². The van der Waals surface area contributed by atoms with E-state index in [4.69, 9.17) is 27.9 Å². The summed E-state index contributed by atoms with van der Waals surface area (Å²) < 4.78 is 30.5. The van der Waals surface area contributed by atoms with Gasteiger partial charge in [0, 0.05) is 11.1 Å². The van der Waals surface area contributed by atoms with Crippen molar-refractivity contribution in [2.24, 2.45) is 0 Å². The number of halogens is 4. The molecule has 0 aliphatic heterocycles. The van der Waals surface area contributed by atoms with Crippen molar-refractivity contribution in [3.05, 3.63) is 28.0 Å². The van der Waals surface area contributed by atoms with Gasteiger partial charge in [-0.2, -0.15) is 0 Å². The fourth-order valence-electron chi connectivity index (χ4n) is 1.41. The van der Waals surface area contributed by atoms with E-state index in [0.717, 1.165) is 6.07 Å². The predicted molar refractivity (Wildman–Crippen MR) is 64.1 cm³/mol. The van der Waals surface area contributed by atoms with E-state index in [0.29, 0.717) is 0 Å². The molecule has 0 aromatic carbocycles. The second-order valence-electron chi connectivity index (χ2n) is 3.39. The Hall–Kier alpha value is -0.940. The van der Waals surface area contributed by atoms with Crippen LogP contribution in [-0.2, 0) is 21.8 Å². The number of rotatable bonds is 5. The maximum Gasteiger partial charge on any atom is 0.310 e. The number of nitrogens with zero attached hydrogens (tertiary/aromatic N) is 1. The Morgan fingerprint density at radius 3 is 2.72 bits per heavy atom. The molecule has 0 saturated heterocycles. The number of carbonyl (C=O) groups excluding carboxylic acids is 1. The zero-order valence-corrected chi connectivity index (χ0v) is 11.1. The Bertz CT molecular complexity index is 441. The number of aromatic nitrogens is 1. The molecule has 0 bridgehead atoms. The number of carbonyl (C=O) groups is 1. The zero-order chi connectivity index (χ0) is 13.7. The Kier molecular flexibility index (Phi) is 5.75. The highest BCUT2D eigenvalue weighted by Crippen LogP contribution is 2.29. The van der Waals surface area contributed by atoms with E-state index in [1.54, 1.807) is 6.92 Å². The molecule has 100 valence electrons. The molecule has 0 fully saturated rings. The van der Waals surface area contributed by atoms with Gasteiger partial charge in [-0.3, -0.25) is 4.79 Å². The van der Waals surface area contributed by atoms with E-state index in [-0.39, 0.29) is 40.9 Å². The van der Waals surface area contributed by atoms with E-state index < -0.39 is 12.4 Å². The lowest BCUT2D eigenvalue weighted by atomic mass is 10.1. The maximum atomic E-state index is 12.9. The quantitative estimate of drug-likeness (QED) is 0.474. The number of hydrogen-bond acceptors (Lipinski definition) is 3. The summed E-state index contributed by atoms with van der Waals surface area (Å²) in [5.41, 5.74) is -0.109. The van der Waals surface area contributed by atoms with Crippen molar-refractivity contribution in [2.75, 3.05) is 6.61 Å². The molecule has 1 rings (SSSR count). The SMILES string of the molecule is CCOC(=O)Cc1c(C(F)F)cc(CCl)nc1Cl. The van der Waals surface area contributed by atoms with Gasteiger partial charge >= 0.3 is 5.97 Å². The van der Waals surface area contributed by atoms with Gasteiger partial charge in [0.2, 0.25) is 0 Å². The minimum absolute atomic E-state index is 0.0148. The number of hydrogen-bond donors (Lipinski definition) is 0. The van der Waals surface area contributed by atoms with Crippen LogP contribution in [0.4, 0.5) is 8.78 Å². The van der Waals surface area contributed by atoms with Gasteiger partial charge in [0.15, 0.2) is 0 Å². The van der Waals surface area contributed by atoms with Gasteiger partial charge in [-0.25, -0.2) is 13.8 Å². The van der Waals surface area contributed by atoms with Crippen LogP contribution in [-0.4, -0.2) is 17.6 Å². The molecule has 0 radical (unpaired) electrons. The topological polar surface area (TPSA) is 39.2 Å². The highest BCUT2D eigenvalue weighted by molar-refractivity contribution is 6.30. The van der Waals surface area contributed by atoms with Gasteiger partial charge in [-0.1, -0.05) is 11.6 Å². The van der Waals surface area contributed by atoms with Crippen LogP contribution in [0.25, 0.3) is 0 Å². The molecule has 1 heterocycles. The molecule has 7 heteroatoms. The summed E-state index contributed by atoms with van der Waals surface area (Å²) >= 11 is 11.3. The molecule has 1 aromatic rings. The number of esters is 1. The standard InChI is InChI=1S/C11H11Cl2F2NO2/c1-2-18-9(17)4-7-8(11(14)15)3-6(5-12)16-10(7)13/h3,11H,2,4-5H2,1H3. The van der Waals surface area contributed by atoms with Crippen LogP contribution in [0.3, 0.4) is 0 Å². The van der Waals surface area contributed by atoms with Crippen molar-refractivity contribution >= 4 is 29.2 Å². The third kappa shape index (κ3) is 3.78. The normalized spacial score (nSPS) is 10.8. The zero-order valence-electron chi connectivity index (χ0n) is 9.55. The van der Waals surface area contributed by atoms with Crippen LogP contribution < -0.4 is 0 Å². The molecule has 0 amide bonds. The van der Waals surface area contributed by atoms with Gasteiger partial charge in [-0.15, -0.1) is 11.6 Å². The molecule has 0 N–H and O–H groups in total. The van der Waals surface area contributed by atoms with Crippen LogP contribution in [0.15, 0.2) is 6.07 Å². The van der Waals surface area contributed by atoms with Gasteiger partial charge in [-0.05, 0) is 13.0 Å². The van der Waals surface area contributed by atoms with Crippen molar-refractivity contribution in [1.29, 1.82) is 0 Å². The lowest BCUT2D eigenvalue weighted by Gasteiger charge is -2.11. The van der Waals surface area contributed by atoms with E-state index >= 15 is 0 Å². The molecule has 3 nitrogen and oxygen atoms in total. The summed E-state index contributed by atoms with van der Waals surface area (Å²) in [7, 11) is 0. The van der Waals surface area contributed by atoms with E-state index in [1.807, 2.05) is 0 Å². The van der Waals surface area contributed by atoms with Crippen molar-refractivity contribution in [2.45, 2.75) is 25.7 Å². The average molecular weight is 298 g/mol. The Labute approximate surface area is 113 Å². The molecule has 0 atom stereocenters.